The Labute approximate surface area is 113 Å². The van der Waals surface area contributed by atoms with E-state index in [0.717, 1.165) is 18.8 Å². The van der Waals surface area contributed by atoms with Crippen LogP contribution >= 0.6 is 0 Å². The Balaban J connectivity index is 2.20. The highest BCUT2D eigenvalue weighted by atomic mass is 15.2. The lowest BCUT2D eigenvalue weighted by atomic mass is 10.3. The van der Waals surface area contributed by atoms with Gasteiger partial charge in [0.25, 0.3) is 6.33 Å². The molecule has 2 heterocycles. The second-order valence-corrected chi connectivity index (χ2v) is 4.86. The zero-order valence-corrected chi connectivity index (χ0v) is 11.4. The van der Waals surface area contributed by atoms with E-state index >= 15 is 0 Å². The highest BCUT2D eigenvalue weighted by Crippen LogP contribution is 2.15. The predicted molar refractivity (Wildman–Crippen MR) is 76.3 cm³/mol. The van der Waals surface area contributed by atoms with Crippen molar-refractivity contribution >= 4 is 11.0 Å². The molecule has 1 aromatic carbocycles. The second-order valence-electron chi connectivity index (χ2n) is 4.86. The number of fused-ring (bicyclic) bond motifs is 1. The van der Waals surface area contributed by atoms with Crippen molar-refractivity contribution in [1.29, 1.82) is 0 Å². The van der Waals surface area contributed by atoms with Crippen LogP contribution in [0, 0.1) is 6.92 Å². The van der Waals surface area contributed by atoms with Gasteiger partial charge in [0.15, 0.2) is 11.0 Å². The van der Waals surface area contributed by atoms with Crippen molar-refractivity contribution in [2.24, 2.45) is 0 Å². The van der Waals surface area contributed by atoms with Gasteiger partial charge in [-0.05, 0) is 31.0 Å². The van der Waals surface area contributed by atoms with E-state index in [4.69, 9.17) is 0 Å². The molecule has 2 aromatic heterocycles. The summed E-state index contributed by atoms with van der Waals surface area (Å²) in [5, 5.41) is 0. The SMILES string of the molecule is CCC[n+]1cn(-c2ccc(C)cn2)c2ccccc21. The Morgan fingerprint density at radius 3 is 2.74 bits per heavy atom. The molecule has 0 aliphatic rings. The molecule has 0 saturated heterocycles. The van der Waals surface area contributed by atoms with Crippen LogP contribution in [0.2, 0.25) is 0 Å². The van der Waals surface area contributed by atoms with Crippen LogP contribution in [0.25, 0.3) is 16.9 Å². The Hall–Kier alpha value is -2.16. The molecule has 0 N–H and O–H groups in total. The molecule has 0 bridgehead atoms. The van der Waals surface area contributed by atoms with Crippen molar-refractivity contribution < 1.29 is 4.57 Å². The first-order chi connectivity index (χ1) is 9.29. The topological polar surface area (TPSA) is 21.7 Å². The third kappa shape index (κ3) is 2.12. The maximum Gasteiger partial charge on any atom is 0.251 e. The van der Waals surface area contributed by atoms with Gasteiger partial charge in [0.05, 0.1) is 6.54 Å². The van der Waals surface area contributed by atoms with Gasteiger partial charge in [0.2, 0.25) is 5.82 Å². The lowest BCUT2D eigenvalue weighted by Gasteiger charge is -1.96. The molecule has 0 atom stereocenters. The maximum absolute atomic E-state index is 4.52. The molecular weight excluding hydrogens is 234 g/mol. The summed E-state index contributed by atoms with van der Waals surface area (Å²) in [5.74, 6) is 0.969. The number of aryl methyl sites for hydroxylation is 2. The molecule has 0 unspecified atom stereocenters. The van der Waals surface area contributed by atoms with Gasteiger partial charge in [0.1, 0.15) is 0 Å². The molecule has 0 radical (unpaired) electrons. The summed E-state index contributed by atoms with van der Waals surface area (Å²) in [6.45, 7) is 5.28. The lowest BCUT2D eigenvalue weighted by Crippen LogP contribution is -2.31. The first-order valence-corrected chi connectivity index (χ1v) is 6.72. The summed E-state index contributed by atoms with van der Waals surface area (Å²) in [6, 6.07) is 12.6. The number of para-hydroxylation sites is 2. The van der Waals surface area contributed by atoms with E-state index in [1.54, 1.807) is 0 Å². The fraction of sp³-hybridized carbons (Fsp3) is 0.250. The van der Waals surface area contributed by atoms with Crippen LogP contribution < -0.4 is 4.57 Å². The Morgan fingerprint density at radius 1 is 1.16 bits per heavy atom. The fourth-order valence-electron chi connectivity index (χ4n) is 2.38. The van der Waals surface area contributed by atoms with E-state index < -0.39 is 0 Å². The van der Waals surface area contributed by atoms with Crippen molar-refractivity contribution in [1.82, 2.24) is 9.55 Å². The standard InChI is InChI=1S/C16H18N3/c1-3-10-18-12-19(15-7-5-4-6-14(15)18)16-9-8-13(2)11-17-16/h4-9,11-12H,3,10H2,1-2H3/q+1. The molecule has 96 valence electrons. The van der Waals surface area contributed by atoms with Crippen LogP contribution in [-0.2, 0) is 6.54 Å². The molecule has 3 nitrogen and oxygen atoms in total. The predicted octanol–water partition coefficient (Wildman–Crippen LogP) is 3.03. The highest BCUT2D eigenvalue weighted by molar-refractivity contribution is 5.73. The summed E-state index contributed by atoms with van der Waals surface area (Å²) in [6.07, 6.45) is 5.18. The molecule has 0 saturated carbocycles. The Bertz CT molecular complexity index is 696. The monoisotopic (exact) mass is 252 g/mol. The molecule has 3 aromatic rings. The number of pyridine rings is 1. The minimum Gasteiger partial charge on any atom is -0.229 e. The van der Waals surface area contributed by atoms with Crippen molar-refractivity contribution in [3.05, 3.63) is 54.5 Å². The maximum atomic E-state index is 4.52. The Morgan fingerprint density at radius 2 is 2.00 bits per heavy atom. The average molecular weight is 252 g/mol. The third-order valence-electron chi connectivity index (χ3n) is 3.31. The smallest absolute Gasteiger partial charge is 0.229 e. The highest BCUT2D eigenvalue weighted by Gasteiger charge is 2.16. The van der Waals surface area contributed by atoms with Crippen LogP contribution in [0.15, 0.2) is 48.9 Å². The van der Waals surface area contributed by atoms with Gasteiger partial charge in [-0.3, -0.25) is 0 Å². The fourth-order valence-corrected chi connectivity index (χ4v) is 2.38. The van der Waals surface area contributed by atoms with Crippen molar-refractivity contribution in [3.63, 3.8) is 0 Å². The molecule has 0 fully saturated rings. The second kappa shape index (κ2) is 4.84. The van der Waals surface area contributed by atoms with E-state index in [0.29, 0.717) is 0 Å². The number of aromatic nitrogens is 3. The van der Waals surface area contributed by atoms with Crippen LogP contribution in [0.4, 0.5) is 0 Å². The number of imidazole rings is 1. The summed E-state index contributed by atoms with van der Waals surface area (Å²) in [5.41, 5.74) is 3.64. The van der Waals surface area contributed by atoms with E-state index in [1.165, 1.54) is 16.6 Å². The molecule has 3 heteroatoms. The van der Waals surface area contributed by atoms with E-state index in [-0.39, 0.29) is 0 Å². The van der Waals surface area contributed by atoms with Crippen LogP contribution in [0.3, 0.4) is 0 Å². The summed E-state index contributed by atoms with van der Waals surface area (Å²) < 4.78 is 4.45. The number of nitrogens with zero attached hydrogens (tertiary/aromatic N) is 3. The molecule has 19 heavy (non-hydrogen) atoms. The van der Waals surface area contributed by atoms with E-state index in [9.17, 15) is 0 Å². The number of hydrogen-bond acceptors (Lipinski definition) is 1. The summed E-state index contributed by atoms with van der Waals surface area (Å²) in [4.78, 5) is 4.52. The number of rotatable bonds is 3. The van der Waals surface area contributed by atoms with Gasteiger partial charge in [-0.15, -0.1) is 0 Å². The third-order valence-corrected chi connectivity index (χ3v) is 3.31. The van der Waals surface area contributed by atoms with Gasteiger partial charge in [-0.2, -0.15) is 4.57 Å². The van der Waals surface area contributed by atoms with Crippen LogP contribution in [0.1, 0.15) is 18.9 Å². The first-order valence-electron chi connectivity index (χ1n) is 6.72. The van der Waals surface area contributed by atoms with E-state index in [1.807, 2.05) is 6.20 Å². The van der Waals surface area contributed by atoms with Crippen molar-refractivity contribution in [3.8, 4) is 5.82 Å². The minimum absolute atomic E-state index is 0.969. The lowest BCUT2D eigenvalue weighted by molar-refractivity contribution is -0.671. The molecule has 0 amide bonds. The average Bonchev–Trinajstić information content (AvgIpc) is 2.80. The first kappa shape index (κ1) is 11.9. The van der Waals surface area contributed by atoms with Gasteiger partial charge in [-0.1, -0.05) is 25.1 Å². The molecule has 0 aliphatic carbocycles. The van der Waals surface area contributed by atoms with Crippen molar-refractivity contribution in [2.75, 3.05) is 0 Å². The molecule has 0 spiro atoms. The quantitative estimate of drug-likeness (QED) is 0.657. The largest absolute Gasteiger partial charge is 0.251 e. The van der Waals surface area contributed by atoms with Crippen LogP contribution in [-0.4, -0.2) is 9.55 Å². The summed E-state index contributed by atoms with van der Waals surface area (Å²) >= 11 is 0. The zero-order valence-electron chi connectivity index (χ0n) is 11.4. The van der Waals surface area contributed by atoms with Gasteiger partial charge in [-0.25, -0.2) is 9.55 Å². The normalized spacial score (nSPS) is 11.1. The number of hydrogen-bond donors (Lipinski definition) is 0. The molecule has 0 aliphatic heterocycles. The Kier molecular flexibility index (Phi) is 3.03. The van der Waals surface area contributed by atoms with Gasteiger partial charge < -0.3 is 0 Å². The zero-order chi connectivity index (χ0) is 13.2. The number of benzene rings is 1. The van der Waals surface area contributed by atoms with Crippen molar-refractivity contribution in [2.45, 2.75) is 26.8 Å². The van der Waals surface area contributed by atoms with Gasteiger partial charge >= 0.3 is 0 Å². The summed E-state index contributed by atoms with van der Waals surface area (Å²) in [7, 11) is 0. The minimum atomic E-state index is 0.969. The molecular formula is C16H18N3+. The van der Waals surface area contributed by atoms with Gasteiger partial charge in [0, 0.05) is 12.3 Å². The van der Waals surface area contributed by atoms with E-state index in [2.05, 4.69) is 70.7 Å². The molecule has 3 rings (SSSR count). The van der Waals surface area contributed by atoms with Crippen LogP contribution in [0.5, 0.6) is 0 Å².